The highest BCUT2D eigenvalue weighted by Gasteiger charge is 2.18. The largest absolute Gasteiger partial charge is 0.322 e. The van der Waals surface area contributed by atoms with Crippen molar-refractivity contribution in [3.63, 3.8) is 0 Å². The Morgan fingerprint density at radius 3 is 2.81 bits per heavy atom. The van der Waals surface area contributed by atoms with Crippen LogP contribution in [0.3, 0.4) is 0 Å². The average molecular weight is 404 g/mol. The lowest BCUT2D eigenvalue weighted by Crippen LogP contribution is -2.22. The molecule has 2 N–H and O–H groups in total. The summed E-state index contributed by atoms with van der Waals surface area (Å²) in [5, 5.41) is 9.83. The van der Waals surface area contributed by atoms with E-state index in [1.54, 1.807) is 49.5 Å². The van der Waals surface area contributed by atoms with E-state index in [1.165, 1.54) is 23.9 Å². The van der Waals surface area contributed by atoms with E-state index in [-0.39, 0.29) is 16.9 Å². The van der Waals surface area contributed by atoms with Crippen molar-refractivity contribution in [3.05, 3.63) is 65.0 Å². The van der Waals surface area contributed by atoms with Gasteiger partial charge in [-0.3, -0.25) is 9.89 Å². The number of rotatable bonds is 6. The van der Waals surface area contributed by atoms with E-state index in [0.717, 1.165) is 5.56 Å². The van der Waals surface area contributed by atoms with Crippen LogP contribution in [0.5, 0.6) is 0 Å². The van der Waals surface area contributed by atoms with E-state index in [1.807, 2.05) is 0 Å². The van der Waals surface area contributed by atoms with Gasteiger partial charge in [0.15, 0.2) is 5.15 Å². The van der Waals surface area contributed by atoms with Gasteiger partial charge in [-0.1, -0.05) is 41.6 Å². The van der Waals surface area contributed by atoms with Crippen molar-refractivity contribution in [2.75, 3.05) is 5.32 Å². The van der Waals surface area contributed by atoms with Crippen LogP contribution in [0.15, 0.2) is 47.8 Å². The molecule has 3 aromatic rings. The number of thioether (sulfide) groups is 1. The van der Waals surface area contributed by atoms with Crippen LogP contribution in [0.25, 0.3) is 12.2 Å². The molecule has 2 aromatic heterocycles. The second kappa shape index (κ2) is 8.79. The Balaban J connectivity index is 1.58. The van der Waals surface area contributed by atoms with Gasteiger partial charge in [0.05, 0.1) is 10.9 Å². The zero-order valence-electron chi connectivity index (χ0n) is 14.2. The van der Waals surface area contributed by atoms with Crippen LogP contribution in [-0.2, 0) is 4.79 Å². The van der Waals surface area contributed by atoms with Gasteiger partial charge in [-0.05, 0) is 42.8 Å². The SMILES string of the molecule is C[C@H](Sc1n[nH]c(/C=C/c2ccc(F)cc2)n1)C(=O)Nc1cccnc1Cl. The molecule has 1 atom stereocenters. The molecule has 3 rings (SSSR count). The van der Waals surface area contributed by atoms with Crippen molar-refractivity contribution in [1.82, 2.24) is 20.2 Å². The third-order valence-corrected chi connectivity index (χ3v) is 4.72. The summed E-state index contributed by atoms with van der Waals surface area (Å²) in [6, 6.07) is 9.46. The van der Waals surface area contributed by atoms with E-state index in [2.05, 4.69) is 25.5 Å². The Hall–Kier alpha value is -2.71. The van der Waals surface area contributed by atoms with Gasteiger partial charge in [0, 0.05) is 6.20 Å². The van der Waals surface area contributed by atoms with Crippen molar-refractivity contribution in [2.24, 2.45) is 0 Å². The zero-order chi connectivity index (χ0) is 19.2. The van der Waals surface area contributed by atoms with Crippen molar-refractivity contribution in [2.45, 2.75) is 17.3 Å². The lowest BCUT2D eigenvalue weighted by atomic mass is 10.2. The average Bonchev–Trinajstić information content (AvgIpc) is 3.10. The van der Waals surface area contributed by atoms with Gasteiger partial charge in [-0.2, -0.15) is 0 Å². The second-order valence-electron chi connectivity index (χ2n) is 5.48. The quantitative estimate of drug-likeness (QED) is 0.474. The molecule has 0 unspecified atom stereocenters. The fraction of sp³-hybridized carbons (Fsp3) is 0.111. The second-order valence-corrected chi connectivity index (χ2v) is 7.15. The monoisotopic (exact) mass is 403 g/mol. The molecule has 0 aliphatic carbocycles. The van der Waals surface area contributed by atoms with Crippen molar-refractivity contribution in [3.8, 4) is 0 Å². The normalized spacial score (nSPS) is 12.3. The summed E-state index contributed by atoms with van der Waals surface area (Å²) in [5.41, 5.74) is 1.29. The molecule has 9 heteroatoms. The van der Waals surface area contributed by atoms with Crippen molar-refractivity contribution in [1.29, 1.82) is 0 Å². The van der Waals surface area contributed by atoms with Crippen LogP contribution in [0.2, 0.25) is 5.15 Å². The van der Waals surface area contributed by atoms with Gasteiger partial charge < -0.3 is 5.32 Å². The summed E-state index contributed by atoms with van der Waals surface area (Å²) in [6.45, 7) is 1.74. The summed E-state index contributed by atoms with van der Waals surface area (Å²) in [5.74, 6) is 0.0122. The fourth-order valence-corrected chi connectivity index (χ4v) is 2.96. The number of aromatic amines is 1. The fourth-order valence-electron chi connectivity index (χ4n) is 2.06. The van der Waals surface area contributed by atoms with Crippen LogP contribution >= 0.6 is 23.4 Å². The van der Waals surface area contributed by atoms with Crippen LogP contribution < -0.4 is 5.32 Å². The molecule has 27 heavy (non-hydrogen) atoms. The number of H-pyrrole nitrogens is 1. The first-order valence-corrected chi connectivity index (χ1v) is 9.21. The van der Waals surface area contributed by atoms with Gasteiger partial charge in [-0.15, -0.1) is 5.10 Å². The number of aromatic nitrogens is 4. The van der Waals surface area contributed by atoms with Gasteiger partial charge >= 0.3 is 0 Å². The number of hydrogen-bond acceptors (Lipinski definition) is 5. The lowest BCUT2D eigenvalue weighted by Gasteiger charge is -2.10. The molecule has 6 nitrogen and oxygen atoms in total. The number of hydrogen-bond donors (Lipinski definition) is 2. The molecule has 0 aliphatic heterocycles. The minimum atomic E-state index is -0.439. The summed E-state index contributed by atoms with van der Waals surface area (Å²) >= 11 is 7.15. The topological polar surface area (TPSA) is 83.6 Å². The molecular weight excluding hydrogens is 389 g/mol. The molecule has 0 fully saturated rings. The molecular formula is C18H15ClFN5OS. The first kappa shape index (κ1) is 19.1. The van der Waals surface area contributed by atoms with Gasteiger partial charge in [0.1, 0.15) is 11.6 Å². The Labute approximate surface area is 164 Å². The number of nitrogens with one attached hydrogen (secondary N) is 2. The Morgan fingerprint density at radius 1 is 1.30 bits per heavy atom. The van der Waals surface area contributed by atoms with E-state index < -0.39 is 5.25 Å². The maximum atomic E-state index is 12.9. The van der Waals surface area contributed by atoms with Gasteiger partial charge in [0.2, 0.25) is 11.1 Å². The number of carbonyl (C=O) groups is 1. The number of amides is 1. The molecule has 0 aliphatic rings. The van der Waals surface area contributed by atoms with E-state index in [9.17, 15) is 9.18 Å². The zero-order valence-corrected chi connectivity index (χ0v) is 15.8. The van der Waals surface area contributed by atoms with Crippen LogP contribution in [-0.4, -0.2) is 31.3 Å². The predicted molar refractivity (Wildman–Crippen MR) is 105 cm³/mol. The highest BCUT2D eigenvalue weighted by Crippen LogP contribution is 2.23. The molecule has 138 valence electrons. The highest BCUT2D eigenvalue weighted by molar-refractivity contribution is 8.00. The maximum absolute atomic E-state index is 12.9. The van der Waals surface area contributed by atoms with Crippen LogP contribution in [0.1, 0.15) is 18.3 Å². The minimum Gasteiger partial charge on any atom is -0.322 e. The summed E-state index contributed by atoms with van der Waals surface area (Å²) in [4.78, 5) is 20.5. The summed E-state index contributed by atoms with van der Waals surface area (Å²) in [7, 11) is 0. The summed E-state index contributed by atoms with van der Waals surface area (Å²) < 4.78 is 12.9. The molecule has 1 amide bonds. The number of anilines is 1. The molecule has 0 bridgehead atoms. The Morgan fingerprint density at radius 2 is 2.07 bits per heavy atom. The maximum Gasteiger partial charge on any atom is 0.237 e. The molecule has 1 aromatic carbocycles. The molecule has 0 saturated carbocycles. The number of benzene rings is 1. The molecule has 2 heterocycles. The molecule has 0 spiro atoms. The number of pyridine rings is 1. The van der Waals surface area contributed by atoms with Crippen LogP contribution in [0.4, 0.5) is 10.1 Å². The number of halogens is 2. The van der Waals surface area contributed by atoms with Crippen molar-refractivity contribution < 1.29 is 9.18 Å². The minimum absolute atomic E-state index is 0.231. The Bertz CT molecular complexity index is 960. The smallest absolute Gasteiger partial charge is 0.237 e. The number of nitrogens with zero attached hydrogens (tertiary/aromatic N) is 3. The molecule has 0 saturated heterocycles. The third-order valence-electron chi connectivity index (χ3n) is 3.45. The van der Waals surface area contributed by atoms with E-state index in [4.69, 9.17) is 11.6 Å². The van der Waals surface area contributed by atoms with Crippen LogP contribution in [0, 0.1) is 5.82 Å². The third kappa shape index (κ3) is 5.38. The first-order chi connectivity index (χ1) is 13.0. The molecule has 0 radical (unpaired) electrons. The summed E-state index contributed by atoms with van der Waals surface area (Å²) in [6.07, 6.45) is 5.06. The highest BCUT2D eigenvalue weighted by atomic mass is 35.5. The van der Waals surface area contributed by atoms with E-state index in [0.29, 0.717) is 16.7 Å². The van der Waals surface area contributed by atoms with E-state index >= 15 is 0 Å². The number of carbonyl (C=O) groups excluding carboxylic acids is 1. The predicted octanol–water partition coefficient (Wildman–Crippen LogP) is 4.28. The standard InChI is InChI=1S/C18H15ClFN5OS/c1-11(17(26)22-14-3-2-10-21-16(14)19)27-18-23-15(24-25-18)9-6-12-4-7-13(20)8-5-12/h2-11H,1H3,(H,22,26)(H,23,24,25)/b9-6+/t11-/m0/s1. The van der Waals surface area contributed by atoms with Gasteiger partial charge in [0.25, 0.3) is 0 Å². The first-order valence-electron chi connectivity index (χ1n) is 7.95. The lowest BCUT2D eigenvalue weighted by molar-refractivity contribution is -0.115. The Kier molecular flexibility index (Phi) is 6.20. The van der Waals surface area contributed by atoms with Gasteiger partial charge in [-0.25, -0.2) is 14.4 Å². The van der Waals surface area contributed by atoms with Crippen molar-refractivity contribution >= 4 is 47.1 Å².